The van der Waals surface area contributed by atoms with Crippen LogP contribution in [0.4, 0.5) is 0 Å². The quantitative estimate of drug-likeness (QED) is 0.428. The number of ether oxygens (including phenoxy) is 1. The first-order chi connectivity index (χ1) is 10.0. The molecule has 1 aromatic carbocycles. The molecular weight excluding hydrogens is 274 g/mol. The number of methoxy groups -OCH3 is 1. The predicted molar refractivity (Wildman–Crippen MR) is 76.2 cm³/mol. The van der Waals surface area contributed by atoms with Crippen LogP contribution in [0.5, 0.6) is 11.5 Å². The van der Waals surface area contributed by atoms with Crippen molar-refractivity contribution in [1.82, 2.24) is 10.7 Å². The largest absolute Gasteiger partial charge is 0.507 e. The topological polar surface area (TPSA) is 100 Å². The van der Waals surface area contributed by atoms with Crippen LogP contribution >= 0.6 is 0 Å². The average Bonchev–Trinajstić information content (AvgIpc) is 3.28. The van der Waals surface area contributed by atoms with Gasteiger partial charge in [0.1, 0.15) is 11.5 Å². The molecule has 112 valence electrons. The van der Waals surface area contributed by atoms with Gasteiger partial charge in [0.15, 0.2) is 0 Å². The van der Waals surface area contributed by atoms with Crippen molar-refractivity contribution in [1.29, 1.82) is 0 Å². The van der Waals surface area contributed by atoms with Crippen LogP contribution in [0.3, 0.4) is 0 Å². The Balaban J connectivity index is 2.02. The van der Waals surface area contributed by atoms with E-state index in [1.807, 2.05) is 0 Å². The molecular formula is C14H17N3O4. The number of hydrogen-bond acceptors (Lipinski definition) is 5. The van der Waals surface area contributed by atoms with Crippen LogP contribution in [0, 0.1) is 0 Å². The number of amides is 2. The van der Waals surface area contributed by atoms with Gasteiger partial charge in [-0.3, -0.25) is 9.59 Å². The second-order valence-corrected chi connectivity index (χ2v) is 4.77. The maximum absolute atomic E-state index is 11.5. The highest BCUT2D eigenvalue weighted by molar-refractivity contribution is 6.35. The zero-order chi connectivity index (χ0) is 15.4. The van der Waals surface area contributed by atoms with Crippen LogP contribution in [0.25, 0.3) is 0 Å². The zero-order valence-electron chi connectivity index (χ0n) is 11.8. The first kappa shape index (κ1) is 14.8. The molecule has 3 N–H and O–H groups in total. The fourth-order valence-electron chi connectivity index (χ4n) is 1.66. The molecule has 0 saturated heterocycles. The summed E-state index contributed by atoms with van der Waals surface area (Å²) in [5, 5.41) is 16.2. The van der Waals surface area contributed by atoms with Gasteiger partial charge in [-0.15, -0.1) is 0 Å². The third kappa shape index (κ3) is 3.95. The maximum Gasteiger partial charge on any atom is 0.329 e. The van der Waals surface area contributed by atoms with Crippen molar-refractivity contribution in [2.24, 2.45) is 5.10 Å². The number of benzene rings is 1. The molecule has 0 aliphatic heterocycles. The van der Waals surface area contributed by atoms with E-state index in [9.17, 15) is 14.7 Å². The van der Waals surface area contributed by atoms with Gasteiger partial charge in [-0.2, -0.15) is 5.10 Å². The lowest BCUT2D eigenvalue weighted by atomic mass is 10.1. The Labute approximate surface area is 122 Å². The minimum atomic E-state index is -0.830. The standard InChI is InChI=1S/C14H17N3O4/c1-8(11-7-10(21-2)5-6-12(11)18)16-17-14(20)13(19)15-9-3-4-9/h5-7,9,18H,3-4H2,1-2H3,(H,15,19)(H,17,20)/b16-8+. The maximum atomic E-state index is 11.5. The number of hydrogen-bond donors (Lipinski definition) is 3. The molecule has 0 aromatic heterocycles. The monoisotopic (exact) mass is 291 g/mol. The second kappa shape index (κ2) is 6.25. The van der Waals surface area contributed by atoms with Crippen molar-refractivity contribution >= 4 is 17.5 Å². The van der Waals surface area contributed by atoms with E-state index in [0.29, 0.717) is 17.0 Å². The van der Waals surface area contributed by atoms with Crippen LogP contribution in [0.2, 0.25) is 0 Å². The van der Waals surface area contributed by atoms with Gasteiger partial charge in [0.2, 0.25) is 0 Å². The lowest BCUT2D eigenvalue weighted by molar-refractivity contribution is -0.139. The molecule has 21 heavy (non-hydrogen) atoms. The second-order valence-electron chi connectivity index (χ2n) is 4.77. The van der Waals surface area contributed by atoms with Crippen LogP contribution in [-0.2, 0) is 9.59 Å². The summed E-state index contributed by atoms with van der Waals surface area (Å²) in [5.41, 5.74) is 2.94. The van der Waals surface area contributed by atoms with Gasteiger partial charge in [0.05, 0.1) is 12.8 Å². The van der Waals surface area contributed by atoms with Crippen molar-refractivity contribution in [2.45, 2.75) is 25.8 Å². The van der Waals surface area contributed by atoms with E-state index < -0.39 is 11.8 Å². The van der Waals surface area contributed by atoms with E-state index in [0.717, 1.165) is 12.8 Å². The summed E-state index contributed by atoms with van der Waals surface area (Å²) in [6, 6.07) is 4.77. The number of hydrazone groups is 1. The number of nitrogens with zero attached hydrogens (tertiary/aromatic N) is 1. The first-order valence-corrected chi connectivity index (χ1v) is 6.53. The van der Waals surface area contributed by atoms with Crippen molar-refractivity contribution in [3.8, 4) is 11.5 Å². The van der Waals surface area contributed by atoms with Gasteiger partial charge in [-0.05, 0) is 38.0 Å². The fourth-order valence-corrected chi connectivity index (χ4v) is 1.66. The molecule has 2 amide bonds. The minimum Gasteiger partial charge on any atom is -0.507 e. The Hall–Kier alpha value is -2.57. The van der Waals surface area contributed by atoms with Gasteiger partial charge >= 0.3 is 11.8 Å². The van der Waals surface area contributed by atoms with E-state index >= 15 is 0 Å². The first-order valence-electron chi connectivity index (χ1n) is 6.53. The van der Waals surface area contributed by atoms with E-state index in [2.05, 4.69) is 15.8 Å². The highest BCUT2D eigenvalue weighted by atomic mass is 16.5. The molecule has 0 bridgehead atoms. The fraction of sp³-hybridized carbons (Fsp3) is 0.357. The van der Waals surface area contributed by atoms with Crippen LogP contribution in [0.1, 0.15) is 25.3 Å². The highest BCUT2D eigenvalue weighted by Crippen LogP contribution is 2.23. The minimum absolute atomic E-state index is 0.00808. The van der Waals surface area contributed by atoms with Crippen molar-refractivity contribution < 1.29 is 19.4 Å². The molecule has 7 nitrogen and oxygen atoms in total. The summed E-state index contributed by atoms with van der Waals surface area (Å²) in [5.74, 6) is -0.976. The molecule has 0 unspecified atom stereocenters. The smallest absolute Gasteiger partial charge is 0.329 e. The number of phenolic OH excluding ortho intramolecular Hbond substituents is 1. The summed E-state index contributed by atoms with van der Waals surface area (Å²) in [7, 11) is 1.51. The third-order valence-electron chi connectivity index (χ3n) is 3.04. The van der Waals surface area contributed by atoms with E-state index in [-0.39, 0.29) is 11.8 Å². The molecule has 1 fully saturated rings. The lowest BCUT2D eigenvalue weighted by Crippen LogP contribution is -2.39. The molecule has 1 aromatic rings. The summed E-state index contributed by atoms with van der Waals surface area (Å²) in [6.45, 7) is 1.60. The molecule has 7 heteroatoms. The molecule has 2 rings (SSSR count). The highest BCUT2D eigenvalue weighted by Gasteiger charge is 2.26. The average molecular weight is 291 g/mol. The molecule has 1 aliphatic rings. The number of carbonyl (C=O) groups is 2. The molecule has 1 aliphatic carbocycles. The molecule has 0 radical (unpaired) electrons. The zero-order valence-corrected chi connectivity index (χ0v) is 11.8. The summed E-state index contributed by atoms with van der Waals surface area (Å²) < 4.78 is 5.06. The summed E-state index contributed by atoms with van der Waals surface area (Å²) in [4.78, 5) is 23.0. The van der Waals surface area contributed by atoms with Gasteiger partial charge < -0.3 is 15.2 Å². The van der Waals surface area contributed by atoms with E-state index in [1.54, 1.807) is 19.1 Å². The Kier molecular flexibility index (Phi) is 4.42. The predicted octanol–water partition coefficient (Wildman–Crippen LogP) is 0.520. The lowest BCUT2D eigenvalue weighted by Gasteiger charge is -2.07. The van der Waals surface area contributed by atoms with Crippen LogP contribution < -0.4 is 15.5 Å². The Morgan fingerprint density at radius 1 is 1.33 bits per heavy atom. The summed E-state index contributed by atoms with van der Waals surface area (Å²) in [6.07, 6.45) is 1.80. The third-order valence-corrected chi connectivity index (χ3v) is 3.04. The Morgan fingerprint density at radius 3 is 2.67 bits per heavy atom. The van der Waals surface area contributed by atoms with Gasteiger partial charge in [-0.25, -0.2) is 5.43 Å². The van der Waals surface area contributed by atoms with Gasteiger partial charge in [0.25, 0.3) is 0 Å². The van der Waals surface area contributed by atoms with E-state index in [1.165, 1.54) is 13.2 Å². The van der Waals surface area contributed by atoms with E-state index in [4.69, 9.17) is 4.74 Å². The number of rotatable bonds is 4. The molecule has 0 spiro atoms. The Morgan fingerprint density at radius 2 is 2.05 bits per heavy atom. The number of aromatic hydroxyl groups is 1. The van der Waals surface area contributed by atoms with Gasteiger partial charge in [0, 0.05) is 11.6 Å². The Bertz CT molecular complexity index is 594. The van der Waals surface area contributed by atoms with Gasteiger partial charge in [-0.1, -0.05) is 0 Å². The number of carbonyl (C=O) groups excluding carboxylic acids is 2. The molecule has 0 heterocycles. The van der Waals surface area contributed by atoms with Crippen molar-refractivity contribution in [3.05, 3.63) is 23.8 Å². The van der Waals surface area contributed by atoms with Crippen molar-refractivity contribution in [3.63, 3.8) is 0 Å². The summed E-state index contributed by atoms with van der Waals surface area (Å²) >= 11 is 0. The van der Waals surface area contributed by atoms with Crippen molar-refractivity contribution in [2.75, 3.05) is 7.11 Å². The van der Waals surface area contributed by atoms with Crippen LogP contribution in [0.15, 0.2) is 23.3 Å². The normalized spacial score (nSPS) is 14.5. The number of phenols is 1. The molecule has 0 atom stereocenters. The SMILES string of the molecule is COc1ccc(O)c(/C(C)=N/NC(=O)C(=O)NC2CC2)c1. The van der Waals surface area contributed by atoms with Crippen LogP contribution in [-0.4, -0.2) is 35.8 Å². The molecule has 1 saturated carbocycles. The number of nitrogens with one attached hydrogen (secondary N) is 2.